The number of carbonyl (C=O) groups excluding carboxylic acids is 3. The summed E-state index contributed by atoms with van der Waals surface area (Å²) in [6, 6.07) is 20.7. The largest absolute Gasteiger partial charge is 0.322 e. The lowest BCUT2D eigenvalue weighted by Gasteiger charge is -2.28. The van der Waals surface area contributed by atoms with E-state index in [1.165, 1.54) is 29.2 Å². The molecule has 1 atom stereocenters. The number of anilines is 1. The molecule has 0 spiro atoms. The number of hydrogen-bond donors (Lipinski definition) is 0. The molecule has 1 aliphatic rings. The molecule has 0 bridgehead atoms. The lowest BCUT2D eigenvalue weighted by Crippen LogP contribution is -2.45. The summed E-state index contributed by atoms with van der Waals surface area (Å²) in [5.74, 6) is -1.69. The van der Waals surface area contributed by atoms with Gasteiger partial charge >= 0.3 is 0 Å². The molecular weight excluding hydrogens is 395 g/mol. The van der Waals surface area contributed by atoms with Crippen LogP contribution in [0.1, 0.15) is 27.9 Å². The highest BCUT2D eigenvalue weighted by molar-refractivity contribution is 6.23. The minimum Gasteiger partial charge on any atom is -0.322 e. The maximum absolute atomic E-state index is 13.4. The second kappa shape index (κ2) is 8.52. The molecule has 6 heteroatoms. The zero-order valence-corrected chi connectivity index (χ0v) is 17.0. The second-order valence-electron chi connectivity index (χ2n) is 7.55. The van der Waals surface area contributed by atoms with E-state index in [4.69, 9.17) is 0 Å². The Labute approximate surface area is 179 Å². The molecule has 0 radical (unpaired) electrons. The third kappa shape index (κ3) is 4.23. The van der Waals surface area contributed by atoms with E-state index in [0.717, 1.165) is 16.0 Å². The fourth-order valence-electron chi connectivity index (χ4n) is 3.69. The molecular formula is C25H21FN2O3. The van der Waals surface area contributed by atoms with Gasteiger partial charge in [0.2, 0.25) is 5.91 Å². The van der Waals surface area contributed by atoms with Crippen LogP contribution in [0.15, 0.2) is 78.9 Å². The first kappa shape index (κ1) is 20.5. The van der Waals surface area contributed by atoms with Crippen molar-refractivity contribution in [1.82, 2.24) is 4.90 Å². The predicted octanol–water partition coefficient (Wildman–Crippen LogP) is 4.11. The molecule has 4 rings (SSSR count). The zero-order chi connectivity index (χ0) is 22.0. The van der Waals surface area contributed by atoms with Crippen LogP contribution in [0.4, 0.5) is 10.1 Å². The van der Waals surface area contributed by atoms with Gasteiger partial charge in [-0.1, -0.05) is 48.0 Å². The average Bonchev–Trinajstić information content (AvgIpc) is 3.07. The highest BCUT2D eigenvalue weighted by Crippen LogP contribution is 2.28. The van der Waals surface area contributed by atoms with Gasteiger partial charge in [0.1, 0.15) is 11.9 Å². The van der Waals surface area contributed by atoms with Crippen LogP contribution in [-0.2, 0) is 16.1 Å². The van der Waals surface area contributed by atoms with Gasteiger partial charge in [0.15, 0.2) is 0 Å². The van der Waals surface area contributed by atoms with Crippen LogP contribution in [0, 0.1) is 12.7 Å². The third-order valence-electron chi connectivity index (χ3n) is 5.34. The Morgan fingerprint density at radius 1 is 0.968 bits per heavy atom. The summed E-state index contributed by atoms with van der Waals surface area (Å²) < 4.78 is 13.3. The lowest BCUT2D eigenvalue weighted by atomic mass is 10.1. The minimum atomic E-state index is -0.938. The van der Waals surface area contributed by atoms with Crippen molar-refractivity contribution < 1.29 is 18.8 Å². The number of amides is 3. The number of rotatable bonds is 5. The van der Waals surface area contributed by atoms with Crippen LogP contribution in [-0.4, -0.2) is 28.7 Å². The first-order valence-corrected chi connectivity index (χ1v) is 9.98. The average molecular weight is 416 g/mol. The maximum atomic E-state index is 13.4. The molecule has 1 heterocycles. The molecule has 1 aliphatic heterocycles. The quantitative estimate of drug-likeness (QED) is 0.588. The molecule has 1 fully saturated rings. The van der Waals surface area contributed by atoms with Gasteiger partial charge in [-0.25, -0.2) is 9.29 Å². The van der Waals surface area contributed by atoms with Crippen molar-refractivity contribution >= 4 is 23.4 Å². The van der Waals surface area contributed by atoms with E-state index in [9.17, 15) is 18.8 Å². The van der Waals surface area contributed by atoms with Crippen molar-refractivity contribution in [2.24, 2.45) is 0 Å². The SMILES string of the molecule is Cc1ccc(C(=O)N(Cc2ccccc2)C2CC(=O)N(c3ccc(F)cc3)C2=O)cc1. The number of carbonyl (C=O) groups is 3. The molecule has 0 N–H and O–H groups in total. The molecule has 3 amide bonds. The topological polar surface area (TPSA) is 57.7 Å². The van der Waals surface area contributed by atoms with E-state index in [1.807, 2.05) is 49.4 Å². The second-order valence-corrected chi connectivity index (χ2v) is 7.55. The molecule has 3 aromatic carbocycles. The summed E-state index contributed by atoms with van der Waals surface area (Å²) in [7, 11) is 0. The number of aryl methyl sites for hydroxylation is 1. The van der Waals surface area contributed by atoms with Crippen molar-refractivity contribution in [3.05, 3.63) is 101 Å². The van der Waals surface area contributed by atoms with Gasteiger partial charge in [-0.3, -0.25) is 14.4 Å². The number of nitrogens with zero attached hydrogens (tertiary/aromatic N) is 2. The fourth-order valence-corrected chi connectivity index (χ4v) is 3.69. The van der Waals surface area contributed by atoms with Crippen molar-refractivity contribution in [3.63, 3.8) is 0 Å². The standard InChI is InChI=1S/C25H21FN2O3/c1-17-7-9-19(10-8-17)24(30)27(16-18-5-3-2-4-6-18)22-15-23(29)28(25(22)31)21-13-11-20(26)12-14-21/h2-14,22H,15-16H2,1H3. The van der Waals surface area contributed by atoms with Crippen LogP contribution in [0.2, 0.25) is 0 Å². The molecule has 1 unspecified atom stereocenters. The maximum Gasteiger partial charge on any atom is 0.257 e. The zero-order valence-electron chi connectivity index (χ0n) is 17.0. The Hall–Kier alpha value is -3.80. The fraction of sp³-hybridized carbons (Fsp3) is 0.160. The first-order chi connectivity index (χ1) is 14.9. The summed E-state index contributed by atoms with van der Waals surface area (Å²) in [4.78, 5) is 41.8. The Morgan fingerprint density at radius 2 is 1.61 bits per heavy atom. The molecule has 156 valence electrons. The number of imide groups is 1. The molecule has 0 saturated carbocycles. The Bertz CT molecular complexity index is 1110. The molecule has 1 saturated heterocycles. The van der Waals surface area contributed by atoms with E-state index in [1.54, 1.807) is 12.1 Å². The van der Waals surface area contributed by atoms with Gasteiger partial charge in [0.25, 0.3) is 11.8 Å². The Kier molecular flexibility index (Phi) is 5.62. The number of benzene rings is 3. The van der Waals surface area contributed by atoms with Gasteiger partial charge in [0, 0.05) is 12.1 Å². The minimum absolute atomic E-state index is 0.124. The van der Waals surface area contributed by atoms with E-state index in [0.29, 0.717) is 11.3 Å². The van der Waals surface area contributed by atoms with Crippen LogP contribution in [0.5, 0.6) is 0 Å². The number of hydrogen-bond acceptors (Lipinski definition) is 3. The summed E-state index contributed by atoms with van der Waals surface area (Å²) in [6.45, 7) is 2.12. The van der Waals surface area contributed by atoms with Crippen molar-refractivity contribution in [2.45, 2.75) is 25.9 Å². The van der Waals surface area contributed by atoms with Crippen molar-refractivity contribution in [2.75, 3.05) is 4.90 Å². The highest BCUT2D eigenvalue weighted by Gasteiger charge is 2.44. The monoisotopic (exact) mass is 416 g/mol. The van der Waals surface area contributed by atoms with E-state index < -0.39 is 23.7 Å². The third-order valence-corrected chi connectivity index (χ3v) is 5.34. The summed E-state index contributed by atoms with van der Waals surface area (Å²) in [6.07, 6.45) is -0.124. The van der Waals surface area contributed by atoms with Crippen LogP contribution < -0.4 is 4.90 Å². The first-order valence-electron chi connectivity index (χ1n) is 9.98. The molecule has 3 aromatic rings. The van der Waals surface area contributed by atoms with Gasteiger partial charge in [-0.05, 0) is 48.9 Å². The van der Waals surface area contributed by atoms with Crippen LogP contribution >= 0.6 is 0 Å². The van der Waals surface area contributed by atoms with Gasteiger partial charge in [0.05, 0.1) is 12.1 Å². The van der Waals surface area contributed by atoms with Crippen molar-refractivity contribution in [3.8, 4) is 0 Å². The Morgan fingerprint density at radius 3 is 2.26 bits per heavy atom. The smallest absolute Gasteiger partial charge is 0.257 e. The Balaban J connectivity index is 1.68. The van der Waals surface area contributed by atoms with E-state index >= 15 is 0 Å². The normalized spacial score (nSPS) is 15.9. The van der Waals surface area contributed by atoms with Crippen molar-refractivity contribution in [1.29, 1.82) is 0 Å². The highest BCUT2D eigenvalue weighted by atomic mass is 19.1. The molecule has 0 aromatic heterocycles. The molecule has 5 nitrogen and oxygen atoms in total. The van der Waals surface area contributed by atoms with Crippen LogP contribution in [0.3, 0.4) is 0 Å². The molecule has 31 heavy (non-hydrogen) atoms. The predicted molar refractivity (Wildman–Crippen MR) is 115 cm³/mol. The van der Waals surface area contributed by atoms with Gasteiger partial charge in [-0.2, -0.15) is 0 Å². The summed E-state index contributed by atoms with van der Waals surface area (Å²) in [5.41, 5.74) is 2.60. The number of halogens is 1. The van der Waals surface area contributed by atoms with E-state index in [-0.39, 0.29) is 18.9 Å². The summed E-state index contributed by atoms with van der Waals surface area (Å²) >= 11 is 0. The molecule has 0 aliphatic carbocycles. The van der Waals surface area contributed by atoms with Gasteiger partial charge in [-0.15, -0.1) is 0 Å². The lowest BCUT2D eigenvalue weighted by molar-refractivity contribution is -0.122. The summed E-state index contributed by atoms with van der Waals surface area (Å²) in [5, 5.41) is 0. The van der Waals surface area contributed by atoms with Crippen LogP contribution in [0.25, 0.3) is 0 Å². The van der Waals surface area contributed by atoms with Gasteiger partial charge < -0.3 is 4.90 Å². The van der Waals surface area contributed by atoms with E-state index in [2.05, 4.69) is 0 Å².